The van der Waals surface area contributed by atoms with Gasteiger partial charge in [-0.25, -0.2) is 0 Å². The van der Waals surface area contributed by atoms with Gasteiger partial charge < -0.3 is 14.6 Å². The first-order valence-corrected chi connectivity index (χ1v) is 7.02. The summed E-state index contributed by atoms with van der Waals surface area (Å²) in [6, 6.07) is 11.9. The van der Waals surface area contributed by atoms with Gasteiger partial charge in [0.15, 0.2) is 0 Å². The molecule has 0 aliphatic heterocycles. The Labute approximate surface area is 123 Å². The minimum Gasteiger partial charge on any atom is -0.493 e. The van der Waals surface area contributed by atoms with E-state index in [0.717, 1.165) is 18.5 Å². The van der Waals surface area contributed by atoms with Crippen molar-refractivity contribution >= 4 is 0 Å². The molecule has 5 heteroatoms. The summed E-state index contributed by atoms with van der Waals surface area (Å²) in [6.07, 6.45) is 2.07. The Bertz CT molecular complexity index is 598. The third-order valence-electron chi connectivity index (χ3n) is 3.74. The van der Waals surface area contributed by atoms with Gasteiger partial charge >= 0.3 is 6.01 Å². The maximum absolute atomic E-state index is 9.55. The topological polar surface area (TPSA) is 64.5 Å². The average molecular weight is 286 g/mol. The van der Waals surface area contributed by atoms with Crippen molar-refractivity contribution in [2.45, 2.75) is 31.5 Å². The molecule has 0 bridgehead atoms. The first-order valence-electron chi connectivity index (χ1n) is 7.02. The highest BCUT2D eigenvalue weighted by Crippen LogP contribution is 2.39. The summed E-state index contributed by atoms with van der Waals surface area (Å²) in [5.74, 6) is 0.249. The van der Waals surface area contributed by atoms with Crippen molar-refractivity contribution in [3.8, 4) is 11.9 Å². The zero-order chi connectivity index (χ0) is 14.7. The van der Waals surface area contributed by atoms with Gasteiger partial charge in [0, 0.05) is 12.0 Å². The molecule has 0 unspecified atom stereocenters. The first kappa shape index (κ1) is 13.8. The van der Waals surface area contributed by atoms with E-state index in [1.54, 1.807) is 6.07 Å². The summed E-state index contributed by atoms with van der Waals surface area (Å²) in [5, 5.41) is 9.55. The van der Waals surface area contributed by atoms with Gasteiger partial charge in [-0.05, 0) is 18.4 Å². The van der Waals surface area contributed by atoms with Crippen LogP contribution in [0, 0.1) is 0 Å². The van der Waals surface area contributed by atoms with Gasteiger partial charge in [-0.2, -0.15) is 9.97 Å². The number of aromatic nitrogens is 2. The molecule has 3 rings (SSSR count). The molecule has 1 aromatic carbocycles. The molecule has 0 radical (unpaired) electrons. The average Bonchev–Trinajstić information content (AvgIpc) is 2.46. The van der Waals surface area contributed by atoms with Crippen molar-refractivity contribution in [2.75, 3.05) is 7.11 Å². The predicted molar refractivity (Wildman–Crippen MR) is 77.2 cm³/mol. The number of benzene rings is 1. The molecule has 0 atom stereocenters. The van der Waals surface area contributed by atoms with Gasteiger partial charge in [0.2, 0.25) is 5.88 Å². The molecule has 0 saturated heterocycles. The molecule has 1 saturated carbocycles. The van der Waals surface area contributed by atoms with Crippen LogP contribution in [0.4, 0.5) is 0 Å². The third kappa shape index (κ3) is 3.31. The molecular formula is C16H18N2O3. The molecule has 1 heterocycles. The smallest absolute Gasteiger partial charge is 0.319 e. The van der Waals surface area contributed by atoms with E-state index in [4.69, 9.17) is 9.47 Å². The lowest BCUT2D eigenvalue weighted by Crippen LogP contribution is -2.30. The van der Waals surface area contributed by atoms with E-state index >= 15 is 0 Å². The van der Waals surface area contributed by atoms with Crippen LogP contribution in [0.3, 0.4) is 0 Å². The number of methoxy groups -OCH3 is 1. The van der Waals surface area contributed by atoms with E-state index in [2.05, 4.69) is 22.1 Å². The lowest BCUT2D eigenvalue weighted by molar-refractivity contribution is -0.0216. The van der Waals surface area contributed by atoms with Crippen LogP contribution in [0.25, 0.3) is 0 Å². The van der Waals surface area contributed by atoms with Gasteiger partial charge in [0.05, 0.1) is 25.5 Å². The molecule has 5 nitrogen and oxygen atoms in total. The van der Waals surface area contributed by atoms with Crippen LogP contribution in [-0.2, 0) is 11.3 Å². The number of hydrogen-bond donors (Lipinski definition) is 1. The Kier molecular flexibility index (Phi) is 4.01. The fourth-order valence-corrected chi connectivity index (χ4v) is 2.46. The maximum atomic E-state index is 9.55. The van der Waals surface area contributed by atoms with Gasteiger partial charge in [-0.1, -0.05) is 30.3 Å². The number of hydrogen-bond acceptors (Lipinski definition) is 5. The fraction of sp³-hybridized carbons (Fsp3) is 0.375. The maximum Gasteiger partial charge on any atom is 0.319 e. The molecule has 21 heavy (non-hydrogen) atoms. The molecule has 0 amide bonds. The van der Waals surface area contributed by atoms with Gasteiger partial charge in [-0.15, -0.1) is 0 Å². The summed E-state index contributed by atoms with van der Waals surface area (Å²) in [7, 11) is 1.49. The predicted octanol–water partition coefficient (Wildman–Crippen LogP) is 2.65. The van der Waals surface area contributed by atoms with Crippen molar-refractivity contribution in [1.29, 1.82) is 0 Å². The molecule has 110 valence electrons. The largest absolute Gasteiger partial charge is 0.493 e. The third-order valence-corrected chi connectivity index (χ3v) is 3.74. The Morgan fingerprint density at radius 1 is 1.19 bits per heavy atom. The quantitative estimate of drug-likeness (QED) is 0.915. The molecule has 1 fully saturated rings. The summed E-state index contributed by atoms with van der Waals surface area (Å²) in [5.41, 5.74) is 2.00. The van der Waals surface area contributed by atoms with E-state index < -0.39 is 0 Å². The zero-order valence-electron chi connectivity index (χ0n) is 11.9. The molecule has 1 N–H and O–H groups in total. The number of rotatable bonds is 5. The minimum atomic E-state index is -0.0505. The second-order valence-corrected chi connectivity index (χ2v) is 5.22. The number of ether oxygens (including phenoxy) is 2. The molecule has 2 aromatic rings. The Morgan fingerprint density at radius 2 is 1.95 bits per heavy atom. The Hall–Kier alpha value is -2.14. The summed E-state index contributed by atoms with van der Waals surface area (Å²) < 4.78 is 10.8. The summed E-state index contributed by atoms with van der Waals surface area (Å²) >= 11 is 0. The van der Waals surface area contributed by atoms with Crippen LogP contribution < -0.4 is 4.74 Å². The van der Waals surface area contributed by atoms with Gasteiger partial charge in [0.25, 0.3) is 0 Å². The SMILES string of the molecule is COc1nc(O)cc([C@H]2C[C@@H](OCc3ccccc3)C2)n1. The van der Waals surface area contributed by atoms with Gasteiger partial charge in [-0.3, -0.25) is 0 Å². The highest BCUT2D eigenvalue weighted by atomic mass is 16.5. The highest BCUT2D eigenvalue weighted by Gasteiger charge is 2.32. The van der Waals surface area contributed by atoms with Crippen LogP contribution in [0.2, 0.25) is 0 Å². The van der Waals surface area contributed by atoms with Crippen molar-refractivity contribution < 1.29 is 14.6 Å². The first-order chi connectivity index (χ1) is 10.2. The summed E-state index contributed by atoms with van der Waals surface area (Å²) in [4.78, 5) is 8.06. The highest BCUT2D eigenvalue weighted by molar-refractivity contribution is 5.22. The van der Waals surface area contributed by atoms with E-state index in [9.17, 15) is 5.11 Å². The molecule has 0 spiro atoms. The van der Waals surface area contributed by atoms with Crippen LogP contribution in [0.5, 0.6) is 11.9 Å². The normalized spacial score (nSPS) is 20.8. The lowest BCUT2D eigenvalue weighted by atomic mass is 9.80. The minimum absolute atomic E-state index is 0.0505. The second-order valence-electron chi connectivity index (χ2n) is 5.22. The summed E-state index contributed by atoms with van der Waals surface area (Å²) in [6.45, 7) is 0.635. The monoisotopic (exact) mass is 286 g/mol. The van der Waals surface area contributed by atoms with Crippen molar-refractivity contribution in [3.63, 3.8) is 0 Å². The molecule has 1 aliphatic carbocycles. The van der Waals surface area contributed by atoms with Crippen LogP contribution in [0.15, 0.2) is 36.4 Å². The van der Waals surface area contributed by atoms with Gasteiger partial charge in [0.1, 0.15) is 0 Å². The van der Waals surface area contributed by atoms with Crippen LogP contribution in [0.1, 0.15) is 30.0 Å². The zero-order valence-corrected chi connectivity index (χ0v) is 11.9. The number of nitrogens with zero attached hydrogens (tertiary/aromatic N) is 2. The van der Waals surface area contributed by atoms with Crippen molar-refractivity contribution in [1.82, 2.24) is 9.97 Å². The molecular weight excluding hydrogens is 268 g/mol. The van der Waals surface area contributed by atoms with E-state index in [1.165, 1.54) is 12.7 Å². The lowest BCUT2D eigenvalue weighted by Gasteiger charge is -2.34. The van der Waals surface area contributed by atoms with E-state index in [1.807, 2.05) is 18.2 Å². The standard InChI is InChI=1S/C16H18N2O3/c1-20-16-17-14(9-15(19)18-16)12-7-13(8-12)21-10-11-5-3-2-4-6-11/h2-6,9,12-13H,7-8,10H2,1H3,(H,17,18,19)/t12-,13+. The van der Waals surface area contributed by atoms with Crippen LogP contribution in [-0.4, -0.2) is 28.3 Å². The molecule has 1 aromatic heterocycles. The second kappa shape index (κ2) is 6.10. The number of aromatic hydroxyl groups is 1. The Morgan fingerprint density at radius 3 is 2.67 bits per heavy atom. The molecule has 1 aliphatic rings. The Balaban J connectivity index is 1.52. The van der Waals surface area contributed by atoms with E-state index in [0.29, 0.717) is 12.5 Å². The van der Waals surface area contributed by atoms with Crippen molar-refractivity contribution in [2.24, 2.45) is 0 Å². The van der Waals surface area contributed by atoms with Crippen LogP contribution >= 0.6 is 0 Å². The fourth-order valence-electron chi connectivity index (χ4n) is 2.46. The van der Waals surface area contributed by atoms with E-state index in [-0.39, 0.29) is 18.0 Å². The van der Waals surface area contributed by atoms with Crippen molar-refractivity contribution in [3.05, 3.63) is 47.7 Å².